The van der Waals surface area contributed by atoms with Gasteiger partial charge in [-0.15, -0.1) is 0 Å². The van der Waals surface area contributed by atoms with Crippen molar-refractivity contribution in [2.75, 3.05) is 25.1 Å². The monoisotopic (exact) mass is 263 g/mol. The maximum absolute atomic E-state index is 5.80. The number of nitrogens with two attached hydrogens (primary N) is 1. The molecular formula is C15H25N3O. The molecule has 0 saturated carbocycles. The third kappa shape index (κ3) is 7.47. The van der Waals surface area contributed by atoms with Crippen LogP contribution in [0.2, 0.25) is 0 Å². The molecule has 0 aliphatic rings. The van der Waals surface area contributed by atoms with Crippen LogP contribution in [-0.2, 0) is 4.74 Å². The van der Waals surface area contributed by atoms with Gasteiger partial charge >= 0.3 is 0 Å². The predicted octanol–water partition coefficient (Wildman–Crippen LogP) is 2.78. The Hall–Kier alpha value is -1.55. The molecule has 0 saturated heterocycles. The Morgan fingerprint density at radius 2 is 2.00 bits per heavy atom. The topological polar surface area (TPSA) is 59.6 Å². The summed E-state index contributed by atoms with van der Waals surface area (Å²) in [5.74, 6) is 1.03. The highest BCUT2D eigenvalue weighted by Gasteiger charge is 1.96. The van der Waals surface area contributed by atoms with Crippen LogP contribution in [0.5, 0.6) is 0 Å². The fourth-order valence-corrected chi connectivity index (χ4v) is 1.51. The molecular weight excluding hydrogens is 238 g/mol. The first kappa shape index (κ1) is 15.5. The number of anilines is 1. The molecule has 1 aromatic rings. The van der Waals surface area contributed by atoms with E-state index in [0.29, 0.717) is 18.4 Å². The maximum Gasteiger partial charge on any atom is 0.193 e. The Morgan fingerprint density at radius 1 is 1.32 bits per heavy atom. The number of nitrogens with one attached hydrogen (secondary N) is 1. The molecule has 0 radical (unpaired) electrons. The maximum atomic E-state index is 5.80. The highest BCUT2D eigenvalue weighted by Crippen LogP contribution is 2.07. The van der Waals surface area contributed by atoms with Crippen LogP contribution < -0.4 is 11.1 Å². The van der Waals surface area contributed by atoms with Crippen molar-refractivity contribution in [2.24, 2.45) is 16.6 Å². The van der Waals surface area contributed by atoms with Crippen molar-refractivity contribution in [1.82, 2.24) is 0 Å². The minimum Gasteiger partial charge on any atom is -0.381 e. The van der Waals surface area contributed by atoms with E-state index >= 15 is 0 Å². The van der Waals surface area contributed by atoms with E-state index < -0.39 is 0 Å². The van der Waals surface area contributed by atoms with Crippen LogP contribution >= 0.6 is 0 Å². The molecule has 0 heterocycles. The standard InChI is InChI=1S/C15H25N3O/c1-12(2)11-19-10-4-9-17-15(16)18-14-7-5-13(3)6-8-14/h5-8,12H,4,9-11H2,1-3H3,(H3,16,17,18). The van der Waals surface area contributed by atoms with Gasteiger partial charge in [0.2, 0.25) is 0 Å². The van der Waals surface area contributed by atoms with E-state index in [2.05, 4.69) is 31.1 Å². The Balaban J connectivity index is 2.20. The van der Waals surface area contributed by atoms with Gasteiger partial charge in [0.25, 0.3) is 0 Å². The van der Waals surface area contributed by atoms with E-state index in [1.807, 2.05) is 24.3 Å². The molecule has 0 bridgehead atoms. The first-order valence-corrected chi connectivity index (χ1v) is 6.79. The lowest BCUT2D eigenvalue weighted by Gasteiger charge is -2.07. The molecule has 0 aliphatic carbocycles. The second kappa shape index (κ2) is 8.53. The summed E-state index contributed by atoms with van der Waals surface area (Å²) in [6.07, 6.45) is 0.892. The number of hydrogen-bond acceptors (Lipinski definition) is 2. The smallest absolute Gasteiger partial charge is 0.193 e. The third-order valence-corrected chi connectivity index (χ3v) is 2.50. The van der Waals surface area contributed by atoms with Crippen molar-refractivity contribution in [3.05, 3.63) is 29.8 Å². The number of aliphatic imine (C=N–C) groups is 1. The van der Waals surface area contributed by atoms with E-state index in [-0.39, 0.29) is 0 Å². The van der Waals surface area contributed by atoms with Crippen LogP contribution in [-0.4, -0.2) is 25.7 Å². The van der Waals surface area contributed by atoms with Gasteiger partial charge < -0.3 is 15.8 Å². The molecule has 0 amide bonds. The second-order valence-corrected chi connectivity index (χ2v) is 5.08. The summed E-state index contributed by atoms with van der Waals surface area (Å²) in [5, 5.41) is 3.07. The fraction of sp³-hybridized carbons (Fsp3) is 0.533. The first-order chi connectivity index (χ1) is 9.08. The summed E-state index contributed by atoms with van der Waals surface area (Å²) in [6, 6.07) is 8.05. The zero-order chi connectivity index (χ0) is 14.1. The van der Waals surface area contributed by atoms with Gasteiger partial charge in [0, 0.05) is 25.4 Å². The molecule has 106 valence electrons. The van der Waals surface area contributed by atoms with E-state index in [4.69, 9.17) is 10.5 Å². The Morgan fingerprint density at radius 3 is 2.63 bits per heavy atom. The first-order valence-electron chi connectivity index (χ1n) is 6.79. The van der Waals surface area contributed by atoms with Crippen molar-refractivity contribution >= 4 is 11.6 Å². The summed E-state index contributed by atoms with van der Waals surface area (Å²) < 4.78 is 5.48. The molecule has 0 aliphatic heterocycles. The van der Waals surface area contributed by atoms with Gasteiger partial charge in [-0.2, -0.15) is 0 Å². The van der Waals surface area contributed by atoms with Gasteiger partial charge in [-0.1, -0.05) is 31.5 Å². The van der Waals surface area contributed by atoms with Crippen LogP contribution in [0.1, 0.15) is 25.8 Å². The van der Waals surface area contributed by atoms with Crippen molar-refractivity contribution in [1.29, 1.82) is 0 Å². The fourth-order valence-electron chi connectivity index (χ4n) is 1.51. The van der Waals surface area contributed by atoms with E-state index in [1.54, 1.807) is 0 Å². The normalized spacial score (nSPS) is 11.9. The largest absolute Gasteiger partial charge is 0.381 e. The summed E-state index contributed by atoms with van der Waals surface area (Å²) in [5.41, 5.74) is 7.99. The van der Waals surface area contributed by atoms with Gasteiger partial charge in [0.15, 0.2) is 5.96 Å². The third-order valence-electron chi connectivity index (χ3n) is 2.50. The number of ether oxygens (including phenoxy) is 1. The molecule has 1 aromatic carbocycles. The number of benzene rings is 1. The lowest BCUT2D eigenvalue weighted by atomic mass is 10.2. The summed E-state index contributed by atoms with van der Waals surface area (Å²) in [4.78, 5) is 4.26. The second-order valence-electron chi connectivity index (χ2n) is 5.08. The van der Waals surface area contributed by atoms with Gasteiger partial charge in [-0.05, 0) is 31.4 Å². The van der Waals surface area contributed by atoms with Crippen LogP contribution in [0.25, 0.3) is 0 Å². The zero-order valence-corrected chi connectivity index (χ0v) is 12.1. The molecule has 4 heteroatoms. The molecule has 0 aromatic heterocycles. The molecule has 1 rings (SSSR count). The van der Waals surface area contributed by atoms with E-state index in [1.165, 1.54) is 5.56 Å². The Labute approximate surface area is 116 Å². The van der Waals surface area contributed by atoms with Crippen molar-refractivity contribution in [2.45, 2.75) is 27.2 Å². The predicted molar refractivity (Wildman–Crippen MR) is 81.6 cm³/mol. The summed E-state index contributed by atoms with van der Waals surface area (Å²) >= 11 is 0. The number of nitrogens with zero attached hydrogens (tertiary/aromatic N) is 1. The van der Waals surface area contributed by atoms with Gasteiger partial charge in [-0.25, -0.2) is 0 Å². The average Bonchev–Trinajstić information content (AvgIpc) is 2.36. The van der Waals surface area contributed by atoms with Crippen molar-refractivity contribution < 1.29 is 4.74 Å². The van der Waals surface area contributed by atoms with Crippen molar-refractivity contribution in [3.8, 4) is 0 Å². The number of rotatable bonds is 7. The zero-order valence-electron chi connectivity index (χ0n) is 12.1. The molecule has 0 spiro atoms. The van der Waals surface area contributed by atoms with Crippen LogP contribution in [0, 0.1) is 12.8 Å². The highest BCUT2D eigenvalue weighted by molar-refractivity contribution is 5.92. The van der Waals surface area contributed by atoms with Crippen LogP contribution in [0.4, 0.5) is 5.69 Å². The van der Waals surface area contributed by atoms with Gasteiger partial charge in [0.1, 0.15) is 0 Å². The molecule has 4 nitrogen and oxygen atoms in total. The molecule has 0 atom stereocenters. The number of hydrogen-bond donors (Lipinski definition) is 2. The minimum absolute atomic E-state index is 0.452. The molecule has 0 unspecified atom stereocenters. The Kier molecular flexibility index (Phi) is 6.97. The lowest BCUT2D eigenvalue weighted by molar-refractivity contribution is 0.109. The summed E-state index contributed by atoms with van der Waals surface area (Å²) in [6.45, 7) is 8.56. The SMILES string of the molecule is Cc1ccc(NC(N)=NCCCOCC(C)C)cc1. The molecule has 19 heavy (non-hydrogen) atoms. The average molecular weight is 263 g/mol. The van der Waals surface area contributed by atoms with Crippen LogP contribution in [0.3, 0.4) is 0 Å². The van der Waals surface area contributed by atoms with Crippen LogP contribution in [0.15, 0.2) is 29.3 Å². The summed E-state index contributed by atoms with van der Waals surface area (Å²) in [7, 11) is 0. The van der Waals surface area contributed by atoms with Crippen molar-refractivity contribution in [3.63, 3.8) is 0 Å². The van der Waals surface area contributed by atoms with E-state index in [9.17, 15) is 0 Å². The quantitative estimate of drug-likeness (QED) is 0.452. The highest BCUT2D eigenvalue weighted by atomic mass is 16.5. The number of aryl methyl sites for hydroxylation is 1. The van der Waals surface area contributed by atoms with E-state index in [0.717, 1.165) is 25.3 Å². The molecule has 3 N–H and O–H groups in total. The lowest BCUT2D eigenvalue weighted by Crippen LogP contribution is -2.23. The van der Waals surface area contributed by atoms with Gasteiger partial charge in [0.05, 0.1) is 0 Å². The number of guanidine groups is 1. The van der Waals surface area contributed by atoms with Gasteiger partial charge in [-0.3, -0.25) is 4.99 Å². The molecule has 0 fully saturated rings. The minimum atomic E-state index is 0.452. The Bertz CT molecular complexity index is 385.